The van der Waals surface area contributed by atoms with Gasteiger partial charge < -0.3 is 20.1 Å². The van der Waals surface area contributed by atoms with E-state index in [0.29, 0.717) is 22.2 Å². The van der Waals surface area contributed by atoms with E-state index in [-0.39, 0.29) is 23.6 Å². The van der Waals surface area contributed by atoms with Crippen molar-refractivity contribution in [3.8, 4) is 11.5 Å². The zero-order valence-electron chi connectivity index (χ0n) is 14.6. The number of nitrogens with one attached hydrogen (secondary N) is 2. The second-order valence-electron chi connectivity index (χ2n) is 5.36. The lowest BCUT2D eigenvalue weighted by molar-refractivity contribution is 0.0934. The highest BCUT2D eigenvalue weighted by Crippen LogP contribution is 2.36. The van der Waals surface area contributed by atoms with Crippen molar-refractivity contribution in [1.29, 1.82) is 0 Å². The third kappa shape index (κ3) is 4.73. The van der Waals surface area contributed by atoms with Crippen molar-refractivity contribution in [2.24, 2.45) is 0 Å². The average molecular weight is 365 g/mol. The molecule has 1 amide bonds. The second kappa shape index (κ2) is 8.53. The Morgan fingerprint density at radius 3 is 2.64 bits per heavy atom. The van der Waals surface area contributed by atoms with E-state index < -0.39 is 0 Å². The molecular formula is C17H21ClN4O3. The normalized spacial score (nSPS) is 11.6. The van der Waals surface area contributed by atoms with E-state index in [1.807, 2.05) is 13.8 Å². The second-order valence-corrected chi connectivity index (χ2v) is 5.77. The van der Waals surface area contributed by atoms with Gasteiger partial charge in [-0.25, -0.2) is 9.97 Å². The van der Waals surface area contributed by atoms with Crippen molar-refractivity contribution >= 4 is 29.1 Å². The number of halogens is 1. The molecule has 0 aliphatic rings. The number of hydrogen-bond acceptors (Lipinski definition) is 6. The molecule has 7 nitrogen and oxygen atoms in total. The summed E-state index contributed by atoms with van der Waals surface area (Å²) in [6.45, 7) is 3.93. The lowest BCUT2D eigenvalue weighted by Crippen LogP contribution is -2.32. The van der Waals surface area contributed by atoms with Crippen LogP contribution in [0.15, 0.2) is 24.4 Å². The Bertz CT molecular complexity index is 755. The molecule has 134 valence electrons. The van der Waals surface area contributed by atoms with Gasteiger partial charge in [0.25, 0.3) is 5.91 Å². The molecule has 0 radical (unpaired) electrons. The van der Waals surface area contributed by atoms with Crippen LogP contribution in [0.4, 0.5) is 11.6 Å². The molecule has 1 atom stereocenters. The topological polar surface area (TPSA) is 85.4 Å². The smallest absolute Gasteiger partial charge is 0.270 e. The van der Waals surface area contributed by atoms with E-state index in [0.717, 1.165) is 6.42 Å². The number of benzene rings is 1. The number of nitrogens with zero attached hydrogens (tertiary/aromatic N) is 2. The standard InChI is InChI=1S/C17H21ClN4O3/c1-5-10(2)20-16(23)12-6-7-19-17(21-12)22-13-9-14(24-3)11(18)8-15(13)25-4/h6-10H,5H2,1-4H3,(H,20,23)(H,19,21,22). The van der Waals surface area contributed by atoms with Crippen molar-refractivity contribution in [2.45, 2.75) is 26.3 Å². The molecule has 0 saturated carbocycles. The van der Waals surface area contributed by atoms with Crippen LogP contribution >= 0.6 is 11.6 Å². The molecule has 0 fully saturated rings. The predicted molar refractivity (Wildman–Crippen MR) is 97.1 cm³/mol. The van der Waals surface area contributed by atoms with Gasteiger partial charge in [0.2, 0.25) is 5.95 Å². The first-order chi connectivity index (χ1) is 12.0. The van der Waals surface area contributed by atoms with E-state index in [9.17, 15) is 4.79 Å². The number of carbonyl (C=O) groups excluding carboxylic acids is 1. The molecule has 0 spiro atoms. The Hall–Kier alpha value is -2.54. The molecular weight excluding hydrogens is 344 g/mol. The van der Waals surface area contributed by atoms with E-state index in [2.05, 4.69) is 20.6 Å². The summed E-state index contributed by atoms with van der Waals surface area (Å²) in [5.74, 6) is 0.999. The quantitative estimate of drug-likeness (QED) is 0.783. The van der Waals surface area contributed by atoms with Crippen molar-refractivity contribution in [2.75, 3.05) is 19.5 Å². The third-order valence-electron chi connectivity index (χ3n) is 3.60. The highest BCUT2D eigenvalue weighted by Gasteiger charge is 2.14. The van der Waals surface area contributed by atoms with Crippen molar-refractivity contribution in [1.82, 2.24) is 15.3 Å². The minimum Gasteiger partial charge on any atom is -0.495 e. The van der Waals surface area contributed by atoms with Gasteiger partial charge in [-0.05, 0) is 19.4 Å². The molecule has 0 aliphatic heterocycles. The number of ether oxygens (including phenoxy) is 2. The number of methoxy groups -OCH3 is 2. The Morgan fingerprint density at radius 2 is 2.00 bits per heavy atom. The zero-order valence-corrected chi connectivity index (χ0v) is 15.3. The number of amides is 1. The summed E-state index contributed by atoms with van der Waals surface area (Å²) < 4.78 is 10.5. The Kier molecular flexibility index (Phi) is 6.41. The van der Waals surface area contributed by atoms with Crippen LogP contribution in [0.25, 0.3) is 0 Å². The van der Waals surface area contributed by atoms with Gasteiger partial charge in [0.15, 0.2) is 0 Å². The number of rotatable bonds is 7. The summed E-state index contributed by atoms with van der Waals surface area (Å²) in [6.07, 6.45) is 2.35. The maximum atomic E-state index is 12.2. The van der Waals surface area contributed by atoms with Crippen LogP contribution in [0, 0.1) is 0 Å². The highest BCUT2D eigenvalue weighted by molar-refractivity contribution is 6.32. The summed E-state index contributed by atoms with van der Waals surface area (Å²) in [5, 5.41) is 6.31. The van der Waals surface area contributed by atoms with Crippen LogP contribution in [0.1, 0.15) is 30.8 Å². The summed E-state index contributed by atoms with van der Waals surface area (Å²) in [4.78, 5) is 20.6. The number of anilines is 2. The molecule has 8 heteroatoms. The SMILES string of the molecule is CCC(C)NC(=O)c1ccnc(Nc2cc(OC)c(Cl)cc2OC)n1. The van der Waals surface area contributed by atoms with Gasteiger partial charge in [0, 0.05) is 24.4 Å². The summed E-state index contributed by atoms with van der Waals surface area (Å²) in [5.41, 5.74) is 0.848. The lowest BCUT2D eigenvalue weighted by atomic mass is 10.2. The molecule has 1 heterocycles. The molecule has 2 aromatic rings. The van der Waals surface area contributed by atoms with Crippen LogP contribution in [0.3, 0.4) is 0 Å². The minimum absolute atomic E-state index is 0.0690. The molecule has 0 saturated heterocycles. The van der Waals surface area contributed by atoms with E-state index in [1.54, 1.807) is 18.2 Å². The predicted octanol–water partition coefficient (Wildman–Crippen LogP) is 3.42. The maximum absolute atomic E-state index is 12.2. The molecule has 25 heavy (non-hydrogen) atoms. The Morgan fingerprint density at radius 1 is 1.28 bits per heavy atom. The first-order valence-corrected chi connectivity index (χ1v) is 8.18. The fraction of sp³-hybridized carbons (Fsp3) is 0.353. The minimum atomic E-state index is -0.250. The maximum Gasteiger partial charge on any atom is 0.270 e. The Labute approximate surface area is 151 Å². The van der Waals surface area contributed by atoms with Crippen molar-refractivity contribution in [3.63, 3.8) is 0 Å². The summed E-state index contributed by atoms with van der Waals surface area (Å²) >= 11 is 6.10. The van der Waals surface area contributed by atoms with Crippen LogP contribution in [0.5, 0.6) is 11.5 Å². The molecule has 0 bridgehead atoms. The fourth-order valence-corrected chi connectivity index (χ4v) is 2.25. The van der Waals surface area contributed by atoms with Gasteiger partial charge >= 0.3 is 0 Å². The fourth-order valence-electron chi connectivity index (χ4n) is 2.02. The van der Waals surface area contributed by atoms with Crippen molar-refractivity contribution < 1.29 is 14.3 Å². The summed E-state index contributed by atoms with van der Waals surface area (Å²) in [7, 11) is 3.05. The molecule has 2 rings (SSSR count). The molecule has 1 aromatic heterocycles. The molecule has 1 aromatic carbocycles. The van der Waals surface area contributed by atoms with Gasteiger partial charge in [-0.2, -0.15) is 0 Å². The van der Waals surface area contributed by atoms with E-state index in [4.69, 9.17) is 21.1 Å². The van der Waals surface area contributed by atoms with Crippen LogP contribution < -0.4 is 20.1 Å². The third-order valence-corrected chi connectivity index (χ3v) is 3.89. The monoisotopic (exact) mass is 364 g/mol. The first kappa shape index (κ1) is 18.8. The van der Waals surface area contributed by atoms with Gasteiger partial charge in [-0.1, -0.05) is 18.5 Å². The van der Waals surface area contributed by atoms with Crippen LogP contribution in [0.2, 0.25) is 5.02 Å². The van der Waals surface area contributed by atoms with Gasteiger partial charge in [-0.15, -0.1) is 0 Å². The van der Waals surface area contributed by atoms with Gasteiger partial charge in [-0.3, -0.25) is 4.79 Å². The highest BCUT2D eigenvalue weighted by atomic mass is 35.5. The number of aromatic nitrogens is 2. The van der Waals surface area contributed by atoms with Crippen LogP contribution in [-0.4, -0.2) is 36.1 Å². The average Bonchev–Trinajstić information content (AvgIpc) is 2.62. The first-order valence-electron chi connectivity index (χ1n) is 7.80. The lowest BCUT2D eigenvalue weighted by Gasteiger charge is -2.14. The van der Waals surface area contributed by atoms with E-state index >= 15 is 0 Å². The van der Waals surface area contributed by atoms with Gasteiger partial charge in [0.05, 0.1) is 24.9 Å². The molecule has 1 unspecified atom stereocenters. The van der Waals surface area contributed by atoms with Gasteiger partial charge in [0.1, 0.15) is 17.2 Å². The zero-order chi connectivity index (χ0) is 18.4. The number of carbonyl (C=O) groups is 1. The Balaban J connectivity index is 2.26. The largest absolute Gasteiger partial charge is 0.495 e. The molecule has 0 aliphatic carbocycles. The van der Waals surface area contributed by atoms with Crippen molar-refractivity contribution in [3.05, 3.63) is 35.1 Å². The van der Waals surface area contributed by atoms with Crippen LogP contribution in [-0.2, 0) is 0 Å². The molecule has 2 N–H and O–H groups in total. The summed E-state index contributed by atoms with van der Waals surface area (Å²) in [6, 6.07) is 4.93. The van der Waals surface area contributed by atoms with E-state index in [1.165, 1.54) is 20.4 Å². The number of hydrogen-bond donors (Lipinski definition) is 2.